The molecule has 0 amide bonds. The van der Waals surface area contributed by atoms with Crippen LogP contribution >= 0.6 is 0 Å². The third-order valence-electron chi connectivity index (χ3n) is 4.71. The van der Waals surface area contributed by atoms with Gasteiger partial charge in [0.15, 0.2) is 9.84 Å². The molecule has 3 atom stereocenters. The lowest BCUT2D eigenvalue weighted by Gasteiger charge is -2.53. The van der Waals surface area contributed by atoms with Gasteiger partial charge < -0.3 is 10.1 Å². The Labute approximate surface area is 127 Å². The molecule has 1 N–H and O–H groups in total. The summed E-state index contributed by atoms with van der Waals surface area (Å²) >= 11 is 0. The van der Waals surface area contributed by atoms with Crippen LogP contribution < -0.4 is 10.1 Å². The number of rotatable bonds is 6. The lowest BCUT2D eigenvalue weighted by molar-refractivity contribution is -0.0697. The van der Waals surface area contributed by atoms with Gasteiger partial charge in [-0.05, 0) is 31.2 Å². The average Bonchev–Trinajstić information content (AvgIpc) is 2.44. The van der Waals surface area contributed by atoms with Gasteiger partial charge in [-0.25, -0.2) is 8.42 Å². The second-order valence-electron chi connectivity index (χ2n) is 6.06. The number of nitrogens with one attached hydrogen (secondary N) is 1. The van der Waals surface area contributed by atoms with E-state index in [-0.39, 0.29) is 11.5 Å². The SMILES string of the molecule is CCNC1CC(Oc2cccc(S(C)(=O)=O)c2)C1(C)CC. The minimum Gasteiger partial charge on any atom is -0.490 e. The second kappa shape index (κ2) is 5.97. The number of sulfone groups is 1. The van der Waals surface area contributed by atoms with E-state index in [4.69, 9.17) is 4.74 Å². The third kappa shape index (κ3) is 3.24. The third-order valence-corrected chi connectivity index (χ3v) is 5.82. The highest BCUT2D eigenvalue weighted by atomic mass is 32.2. The van der Waals surface area contributed by atoms with Gasteiger partial charge in [0.1, 0.15) is 11.9 Å². The fourth-order valence-electron chi connectivity index (χ4n) is 2.98. The molecule has 1 aliphatic carbocycles. The monoisotopic (exact) mass is 311 g/mol. The predicted molar refractivity (Wildman–Crippen MR) is 84.4 cm³/mol. The van der Waals surface area contributed by atoms with E-state index in [1.54, 1.807) is 18.2 Å². The molecule has 0 bridgehead atoms. The first-order valence-electron chi connectivity index (χ1n) is 7.51. The Morgan fingerprint density at radius 1 is 1.38 bits per heavy atom. The van der Waals surface area contributed by atoms with Gasteiger partial charge in [0.05, 0.1) is 4.90 Å². The van der Waals surface area contributed by atoms with Crippen LogP contribution in [0.2, 0.25) is 0 Å². The van der Waals surface area contributed by atoms with Crippen molar-refractivity contribution in [1.82, 2.24) is 5.32 Å². The van der Waals surface area contributed by atoms with Crippen LogP contribution in [0.3, 0.4) is 0 Å². The number of hydrogen-bond acceptors (Lipinski definition) is 4. The van der Waals surface area contributed by atoms with E-state index in [2.05, 4.69) is 26.1 Å². The van der Waals surface area contributed by atoms with E-state index in [1.165, 1.54) is 6.26 Å². The first kappa shape index (κ1) is 16.3. The molecule has 21 heavy (non-hydrogen) atoms. The lowest BCUT2D eigenvalue weighted by atomic mass is 9.61. The number of ether oxygens (including phenoxy) is 1. The van der Waals surface area contributed by atoms with Crippen molar-refractivity contribution >= 4 is 9.84 Å². The molecule has 5 heteroatoms. The molecule has 1 aliphatic rings. The smallest absolute Gasteiger partial charge is 0.175 e. The Hall–Kier alpha value is -1.07. The summed E-state index contributed by atoms with van der Waals surface area (Å²) in [5.74, 6) is 0.637. The highest BCUT2D eigenvalue weighted by Crippen LogP contribution is 2.46. The van der Waals surface area contributed by atoms with Gasteiger partial charge in [0.2, 0.25) is 0 Å². The zero-order valence-electron chi connectivity index (χ0n) is 13.2. The van der Waals surface area contributed by atoms with E-state index in [9.17, 15) is 8.42 Å². The van der Waals surface area contributed by atoms with Crippen molar-refractivity contribution in [2.24, 2.45) is 5.41 Å². The molecule has 1 aromatic rings. The summed E-state index contributed by atoms with van der Waals surface area (Å²) in [6.45, 7) is 7.47. The van der Waals surface area contributed by atoms with Crippen molar-refractivity contribution in [3.05, 3.63) is 24.3 Å². The molecule has 0 aromatic heterocycles. The summed E-state index contributed by atoms with van der Waals surface area (Å²) in [5.41, 5.74) is 0.0943. The highest BCUT2D eigenvalue weighted by Gasteiger charge is 2.51. The summed E-state index contributed by atoms with van der Waals surface area (Å²) < 4.78 is 29.3. The van der Waals surface area contributed by atoms with Crippen molar-refractivity contribution in [2.75, 3.05) is 12.8 Å². The fraction of sp³-hybridized carbons (Fsp3) is 0.625. The molecule has 0 radical (unpaired) electrons. The molecule has 0 aliphatic heterocycles. The largest absolute Gasteiger partial charge is 0.490 e. The van der Waals surface area contributed by atoms with Gasteiger partial charge in [-0.15, -0.1) is 0 Å². The fourth-order valence-corrected chi connectivity index (χ4v) is 3.63. The van der Waals surface area contributed by atoms with Crippen LogP contribution in [0.15, 0.2) is 29.2 Å². The van der Waals surface area contributed by atoms with E-state index in [1.807, 2.05) is 6.07 Å². The Balaban J connectivity index is 2.13. The standard InChI is InChI=1S/C16H25NO3S/c1-5-16(3)14(17-6-2)11-15(16)20-12-8-7-9-13(10-12)21(4,18)19/h7-10,14-15,17H,5-6,11H2,1-4H3. The minimum absolute atomic E-state index is 0.0943. The Bertz CT molecular complexity index is 599. The van der Waals surface area contributed by atoms with E-state index in [0.29, 0.717) is 16.7 Å². The maximum atomic E-state index is 11.6. The summed E-state index contributed by atoms with van der Waals surface area (Å²) in [7, 11) is -3.20. The molecule has 2 rings (SSSR count). The summed E-state index contributed by atoms with van der Waals surface area (Å²) in [5, 5.41) is 3.50. The van der Waals surface area contributed by atoms with Crippen LogP contribution in [-0.2, 0) is 9.84 Å². The van der Waals surface area contributed by atoms with Crippen molar-refractivity contribution in [3.8, 4) is 5.75 Å². The average molecular weight is 311 g/mol. The lowest BCUT2D eigenvalue weighted by Crippen LogP contribution is -2.63. The van der Waals surface area contributed by atoms with Crippen molar-refractivity contribution in [3.63, 3.8) is 0 Å². The molecule has 1 aromatic carbocycles. The van der Waals surface area contributed by atoms with Crippen molar-refractivity contribution in [1.29, 1.82) is 0 Å². The Kier molecular flexibility index (Phi) is 4.63. The first-order valence-corrected chi connectivity index (χ1v) is 9.40. The zero-order chi connectivity index (χ0) is 15.7. The molecule has 118 valence electrons. The minimum atomic E-state index is -3.20. The van der Waals surface area contributed by atoms with Gasteiger partial charge in [0, 0.05) is 24.1 Å². The molecular formula is C16H25NO3S. The van der Waals surface area contributed by atoms with Gasteiger partial charge in [0.25, 0.3) is 0 Å². The molecule has 1 fully saturated rings. The van der Waals surface area contributed by atoms with Crippen LogP contribution in [0.1, 0.15) is 33.6 Å². The van der Waals surface area contributed by atoms with Crippen LogP contribution in [0, 0.1) is 5.41 Å². The van der Waals surface area contributed by atoms with Gasteiger partial charge in [-0.1, -0.05) is 26.8 Å². The Morgan fingerprint density at radius 3 is 2.67 bits per heavy atom. The van der Waals surface area contributed by atoms with Crippen molar-refractivity contribution < 1.29 is 13.2 Å². The van der Waals surface area contributed by atoms with Gasteiger partial charge >= 0.3 is 0 Å². The second-order valence-corrected chi connectivity index (χ2v) is 8.07. The summed E-state index contributed by atoms with van der Waals surface area (Å²) in [4.78, 5) is 0.306. The van der Waals surface area contributed by atoms with Gasteiger partial charge in [-0.3, -0.25) is 0 Å². The molecular weight excluding hydrogens is 286 g/mol. The summed E-state index contributed by atoms with van der Waals surface area (Å²) in [6, 6.07) is 7.24. The number of hydrogen-bond donors (Lipinski definition) is 1. The molecule has 0 saturated heterocycles. The zero-order valence-corrected chi connectivity index (χ0v) is 14.0. The normalized spacial score (nSPS) is 29.0. The molecule has 0 heterocycles. The van der Waals surface area contributed by atoms with E-state index < -0.39 is 9.84 Å². The maximum absolute atomic E-state index is 11.6. The van der Waals surface area contributed by atoms with E-state index in [0.717, 1.165) is 19.4 Å². The molecule has 1 saturated carbocycles. The van der Waals surface area contributed by atoms with Gasteiger partial charge in [-0.2, -0.15) is 0 Å². The van der Waals surface area contributed by atoms with Crippen LogP contribution in [0.25, 0.3) is 0 Å². The van der Waals surface area contributed by atoms with E-state index >= 15 is 0 Å². The van der Waals surface area contributed by atoms with Crippen LogP contribution in [0.4, 0.5) is 0 Å². The number of benzene rings is 1. The molecule has 0 spiro atoms. The highest BCUT2D eigenvalue weighted by molar-refractivity contribution is 7.90. The quantitative estimate of drug-likeness (QED) is 0.877. The van der Waals surface area contributed by atoms with Crippen LogP contribution in [-0.4, -0.2) is 33.4 Å². The van der Waals surface area contributed by atoms with Crippen molar-refractivity contribution in [2.45, 2.75) is 50.7 Å². The maximum Gasteiger partial charge on any atom is 0.175 e. The predicted octanol–water partition coefficient (Wildman–Crippen LogP) is 2.64. The Morgan fingerprint density at radius 2 is 2.10 bits per heavy atom. The van der Waals surface area contributed by atoms with Crippen LogP contribution in [0.5, 0.6) is 5.75 Å². The molecule has 3 unspecified atom stereocenters. The molecule has 4 nitrogen and oxygen atoms in total. The topological polar surface area (TPSA) is 55.4 Å². The first-order chi connectivity index (χ1) is 9.81. The summed E-state index contributed by atoms with van der Waals surface area (Å²) in [6.07, 6.45) is 3.33.